The first-order valence-electron chi connectivity index (χ1n) is 3.92. The molecule has 0 aromatic heterocycles. The second-order valence-electron chi connectivity index (χ2n) is 2.71. The fraction of sp³-hybridized carbons (Fsp3) is 0.333. The Bertz CT molecular complexity index is 288. The SMILES string of the molecule is COc1ccc([C@H](N)CO)c(O)c1. The van der Waals surface area contributed by atoms with Crippen LogP contribution in [0.4, 0.5) is 0 Å². The maximum absolute atomic E-state index is 9.45. The van der Waals surface area contributed by atoms with Gasteiger partial charge in [-0.3, -0.25) is 0 Å². The minimum absolute atomic E-state index is 0.0425. The molecule has 1 aromatic rings. The average molecular weight is 183 g/mol. The molecule has 0 spiro atoms. The van der Waals surface area contributed by atoms with E-state index in [9.17, 15) is 5.11 Å². The highest BCUT2D eigenvalue weighted by Gasteiger charge is 2.09. The van der Waals surface area contributed by atoms with Crippen molar-refractivity contribution in [3.05, 3.63) is 23.8 Å². The highest BCUT2D eigenvalue weighted by Crippen LogP contribution is 2.26. The normalized spacial score (nSPS) is 12.5. The second kappa shape index (κ2) is 4.11. The topological polar surface area (TPSA) is 75.7 Å². The van der Waals surface area contributed by atoms with Crippen LogP contribution in [0.15, 0.2) is 18.2 Å². The Hall–Kier alpha value is -1.26. The summed E-state index contributed by atoms with van der Waals surface area (Å²) >= 11 is 0. The first-order valence-corrected chi connectivity index (χ1v) is 3.92. The van der Waals surface area contributed by atoms with Gasteiger partial charge in [-0.25, -0.2) is 0 Å². The van der Waals surface area contributed by atoms with Crippen LogP contribution in [0.3, 0.4) is 0 Å². The number of aliphatic hydroxyl groups is 1. The molecule has 0 amide bonds. The zero-order chi connectivity index (χ0) is 9.84. The molecule has 72 valence electrons. The monoisotopic (exact) mass is 183 g/mol. The maximum atomic E-state index is 9.45. The molecule has 1 atom stereocenters. The van der Waals surface area contributed by atoms with Gasteiger partial charge in [0.15, 0.2) is 0 Å². The van der Waals surface area contributed by atoms with E-state index in [1.807, 2.05) is 0 Å². The number of aromatic hydroxyl groups is 1. The third kappa shape index (κ3) is 2.11. The first kappa shape index (κ1) is 9.83. The summed E-state index contributed by atoms with van der Waals surface area (Å²) in [6.45, 7) is -0.195. The summed E-state index contributed by atoms with van der Waals surface area (Å²) in [5.74, 6) is 0.604. The fourth-order valence-electron chi connectivity index (χ4n) is 1.06. The molecular weight excluding hydrogens is 170 g/mol. The Labute approximate surface area is 76.6 Å². The zero-order valence-electron chi connectivity index (χ0n) is 7.40. The molecule has 0 fully saturated rings. The number of phenols is 1. The van der Waals surface area contributed by atoms with Gasteiger partial charge in [-0.1, -0.05) is 0 Å². The molecule has 4 N–H and O–H groups in total. The molecule has 0 saturated carbocycles. The maximum Gasteiger partial charge on any atom is 0.124 e. The van der Waals surface area contributed by atoms with Crippen molar-refractivity contribution >= 4 is 0 Å². The summed E-state index contributed by atoms with van der Waals surface area (Å²) < 4.78 is 4.90. The van der Waals surface area contributed by atoms with Gasteiger partial charge in [0, 0.05) is 11.6 Å². The van der Waals surface area contributed by atoms with Crippen LogP contribution in [0, 0.1) is 0 Å². The van der Waals surface area contributed by atoms with Crippen molar-refractivity contribution in [2.24, 2.45) is 5.73 Å². The van der Waals surface area contributed by atoms with Crippen LogP contribution < -0.4 is 10.5 Å². The molecular formula is C9H13NO3. The average Bonchev–Trinajstić information content (AvgIpc) is 2.16. The third-order valence-electron chi connectivity index (χ3n) is 1.83. The number of benzene rings is 1. The van der Waals surface area contributed by atoms with E-state index in [0.717, 1.165) is 0 Å². The quantitative estimate of drug-likeness (QED) is 0.633. The smallest absolute Gasteiger partial charge is 0.124 e. The molecule has 13 heavy (non-hydrogen) atoms. The van der Waals surface area contributed by atoms with Crippen LogP contribution in [-0.4, -0.2) is 23.9 Å². The lowest BCUT2D eigenvalue weighted by Gasteiger charge is -2.11. The predicted octanol–water partition coefficient (Wildman–Crippen LogP) is 0.393. The standard InChI is InChI=1S/C9H13NO3/c1-13-6-2-3-7(8(10)5-11)9(12)4-6/h2-4,8,11-12H,5,10H2,1H3/t8-/m1/s1. The van der Waals surface area contributed by atoms with Crippen molar-refractivity contribution in [1.82, 2.24) is 0 Å². The van der Waals surface area contributed by atoms with E-state index >= 15 is 0 Å². The van der Waals surface area contributed by atoms with Gasteiger partial charge in [0.25, 0.3) is 0 Å². The number of hydrogen-bond acceptors (Lipinski definition) is 4. The first-order chi connectivity index (χ1) is 6.19. The molecule has 0 unspecified atom stereocenters. The van der Waals surface area contributed by atoms with Crippen molar-refractivity contribution < 1.29 is 14.9 Å². The van der Waals surface area contributed by atoms with Crippen molar-refractivity contribution in [3.63, 3.8) is 0 Å². The molecule has 1 aromatic carbocycles. The fourth-order valence-corrected chi connectivity index (χ4v) is 1.06. The number of ether oxygens (including phenoxy) is 1. The largest absolute Gasteiger partial charge is 0.507 e. The Kier molecular flexibility index (Phi) is 3.11. The van der Waals surface area contributed by atoms with Gasteiger partial charge in [-0.15, -0.1) is 0 Å². The summed E-state index contributed by atoms with van der Waals surface area (Å²) in [5.41, 5.74) is 6.05. The van der Waals surface area contributed by atoms with E-state index in [1.165, 1.54) is 13.2 Å². The summed E-state index contributed by atoms with van der Waals surface area (Å²) in [6, 6.07) is 4.23. The lowest BCUT2D eigenvalue weighted by atomic mass is 10.1. The summed E-state index contributed by atoms with van der Waals surface area (Å²) in [7, 11) is 1.51. The van der Waals surface area contributed by atoms with Crippen molar-refractivity contribution in [1.29, 1.82) is 0 Å². The van der Waals surface area contributed by atoms with E-state index in [1.54, 1.807) is 12.1 Å². The highest BCUT2D eigenvalue weighted by atomic mass is 16.5. The summed E-state index contributed by atoms with van der Waals surface area (Å²) in [5, 5.41) is 18.2. The molecule has 0 radical (unpaired) electrons. The minimum Gasteiger partial charge on any atom is -0.507 e. The molecule has 0 saturated heterocycles. The Morgan fingerprint density at radius 2 is 2.23 bits per heavy atom. The lowest BCUT2D eigenvalue weighted by Crippen LogP contribution is -2.14. The summed E-state index contributed by atoms with van der Waals surface area (Å²) in [6.07, 6.45) is 0. The van der Waals surface area contributed by atoms with E-state index in [0.29, 0.717) is 11.3 Å². The molecule has 0 heterocycles. The van der Waals surface area contributed by atoms with E-state index in [2.05, 4.69) is 0 Å². The van der Waals surface area contributed by atoms with Crippen molar-refractivity contribution in [2.45, 2.75) is 6.04 Å². The Balaban J connectivity index is 2.98. The van der Waals surface area contributed by atoms with Crippen LogP contribution in [0.1, 0.15) is 11.6 Å². The molecule has 0 bridgehead atoms. The minimum atomic E-state index is -0.550. The second-order valence-corrected chi connectivity index (χ2v) is 2.71. The van der Waals surface area contributed by atoms with Crippen LogP contribution in [0.5, 0.6) is 11.5 Å². The van der Waals surface area contributed by atoms with Gasteiger partial charge in [-0.05, 0) is 12.1 Å². The van der Waals surface area contributed by atoms with Crippen LogP contribution in [0.2, 0.25) is 0 Å². The van der Waals surface area contributed by atoms with Gasteiger partial charge in [0.2, 0.25) is 0 Å². The Morgan fingerprint density at radius 3 is 2.69 bits per heavy atom. The summed E-state index contributed by atoms with van der Waals surface area (Å²) in [4.78, 5) is 0. The van der Waals surface area contributed by atoms with Gasteiger partial charge in [0.1, 0.15) is 11.5 Å². The van der Waals surface area contributed by atoms with E-state index in [4.69, 9.17) is 15.6 Å². The van der Waals surface area contributed by atoms with Crippen LogP contribution >= 0.6 is 0 Å². The van der Waals surface area contributed by atoms with Gasteiger partial charge >= 0.3 is 0 Å². The predicted molar refractivity (Wildman–Crippen MR) is 48.7 cm³/mol. The van der Waals surface area contributed by atoms with E-state index in [-0.39, 0.29) is 12.4 Å². The molecule has 1 rings (SSSR count). The lowest BCUT2D eigenvalue weighted by molar-refractivity contribution is 0.265. The van der Waals surface area contributed by atoms with Crippen molar-refractivity contribution in [3.8, 4) is 11.5 Å². The number of aliphatic hydroxyl groups excluding tert-OH is 1. The molecule has 0 aliphatic heterocycles. The van der Waals surface area contributed by atoms with Crippen LogP contribution in [0.25, 0.3) is 0 Å². The number of hydrogen-bond donors (Lipinski definition) is 3. The number of phenolic OH excluding ortho intramolecular Hbond substituents is 1. The number of methoxy groups -OCH3 is 1. The third-order valence-corrected chi connectivity index (χ3v) is 1.83. The highest BCUT2D eigenvalue weighted by molar-refractivity contribution is 5.41. The molecule has 4 heteroatoms. The Morgan fingerprint density at radius 1 is 1.54 bits per heavy atom. The molecule has 0 aliphatic carbocycles. The van der Waals surface area contributed by atoms with Crippen LogP contribution in [-0.2, 0) is 0 Å². The molecule has 0 aliphatic rings. The number of nitrogens with two attached hydrogens (primary N) is 1. The zero-order valence-corrected chi connectivity index (χ0v) is 7.40. The van der Waals surface area contributed by atoms with Gasteiger partial charge in [0.05, 0.1) is 19.8 Å². The van der Waals surface area contributed by atoms with Gasteiger partial charge < -0.3 is 20.7 Å². The number of rotatable bonds is 3. The van der Waals surface area contributed by atoms with E-state index < -0.39 is 6.04 Å². The van der Waals surface area contributed by atoms with Crippen molar-refractivity contribution in [2.75, 3.05) is 13.7 Å². The van der Waals surface area contributed by atoms with Gasteiger partial charge in [-0.2, -0.15) is 0 Å². The molecule has 4 nitrogen and oxygen atoms in total.